The van der Waals surface area contributed by atoms with Crippen LogP contribution in [0.2, 0.25) is 0 Å². The monoisotopic (exact) mass is 215 g/mol. The van der Waals surface area contributed by atoms with Crippen LogP contribution in [0.5, 0.6) is 0 Å². The van der Waals surface area contributed by atoms with Crippen LogP contribution in [-0.2, 0) is 6.42 Å². The lowest BCUT2D eigenvalue weighted by Crippen LogP contribution is -2.00. The zero-order valence-corrected chi connectivity index (χ0v) is 8.70. The summed E-state index contributed by atoms with van der Waals surface area (Å²) in [5.74, 6) is 0.789. The van der Waals surface area contributed by atoms with Crippen molar-refractivity contribution in [3.63, 3.8) is 0 Å². The number of nitrogens with zero attached hydrogens (tertiary/aromatic N) is 1. The molecule has 13 heavy (non-hydrogen) atoms. The Bertz CT molecular complexity index is 319. The summed E-state index contributed by atoms with van der Waals surface area (Å²) in [5, 5.41) is 2.89. The average molecular weight is 216 g/mol. The second-order valence-electron chi connectivity index (χ2n) is 3.33. The van der Waals surface area contributed by atoms with Crippen LogP contribution in [0.15, 0.2) is 5.38 Å². The minimum atomic E-state index is -0.0695. The number of carbonyl (C=O) groups excluding carboxylic acids is 1. The van der Waals surface area contributed by atoms with Crippen molar-refractivity contribution in [1.29, 1.82) is 0 Å². The van der Waals surface area contributed by atoms with E-state index in [0.717, 1.165) is 17.3 Å². The molecular formula is C9H10ClNOS. The van der Waals surface area contributed by atoms with Crippen molar-refractivity contribution in [3.05, 3.63) is 16.1 Å². The van der Waals surface area contributed by atoms with Crippen LogP contribution in [0.1, 0.15) is 28.3 Å². The van der Waals surface area contributed by atoms with Crippen molar-refractivity contribution < 1.29 is 4.79 Å². The molecule has 0 radical (unpaired) electrons. The average Bonchev–Trinajstić information content (AvgIpc) is 2.81. The van der Waals surface area contributed by atoms with E-state index in [1.165, 1.54) is 12.8 Å². The number of hydrogen-bond donors (Lipinski definition) is 0. The van der Waals surface area contributed by atoms with E-state index in [1.54, 1.807) is 11.3 Å². The molecule has 0 spiro atoms. The number of hydrogen-bond acceptors (Lipinski definition) is 3. The van der Waals surface area contributed by atoms with Crippen LogP contribution < -0.4 is 0 Å². The molecule has 4 heteroatoms. The first-order valence-corrected chi connectivity index (χ1v) is 5.74. The number of rotatable bonds is 4. The molecule has 2 rings (SSSR count). The lowest BCUT2D eigenvalue weighted by atomic mass is 10.3. The van der Waals surface area contributed by atoms with Gasteiger partial charge in [0.1, 0.15) is 5.69 Å². The molecule has 1 aliphatic rings. The molecule has 1 fully saturated rings. The lowest BCUT2D eigenvalue weighted by molar-refractivity contribution is 0.101. The predicted molar refractivity (Wildman–Crippen MR) is 53.6 cm³/mol. The minimum absolute atomic E-state index is 0.0343. The van der Waals surface area contributed by atoms with Gasteiger partial charge in [-0.25, -0.2) is 4.98 Å². The number of Topliss-reactive ketones (excluding diaryl/α,β-unsaturated/α-hetero) is 1. The van der Waals surface area contributed by atoms with Crippen LogP contribution >= 0.6 is 22.9 Å². The highest BCUT2D eigenvalue weighted by atomic mass is 35.5. The Hall–Kier alpha value is -0.410. The molecule has 2 nitrogen and oxygen atoms in total. The molecule has 0 aliphatic heterocycles. The molecule has 0 aromatic carbocycles. The molecular weight excluding hydrogens is 206 g/mol. The van der Waals surface area contributed by atoms with Crippen molar-refractivity contribution in [3.8, 4) is 0 Å². The Kier molecular flexibility index (Phi) is 2.65. The van der Waals surface area contributed by atoms with Gasteiger partial charge in [0.25, 0.3) is 0 Å². The maximum Gasteiger partial charge on any atom is 0.196 e. The third-order valence-electron chi connectivity index (χ3n) is 2.12. The fourth-order valence-electron chi connectivity index (χ4n) is 1.17. The van der Waals surface area contributed by atoms with E-state index in [1.807, 2.05) is 5.38 Å². The molecule has 0 atom stereocenters. The molecule has 1 saturated carbocycles. The van der Waals surface area contributed by atoms with Gasteiger partial charge in [-0.15, -0.1) is 22.9 Å². The normalized spacial score (nSPS) is 16.1. The van der Waals surface area contributed by atoms with E-state index < -0.39 is 0 Å². The SMILES string of the molecule is O=C(CCl)c1csc(CC2CC2)n1. The van der Waals surface area contributed by atoms with Crippen LogP contribution in [-0.4, -0.2) is 16.6 Å². The summed E-state index contributed by atoms with van der Waals surface area (Å²) >= 11 is 7.00. The summed E-state index contributed by atoms with van der Waals surface area (Å²) < 4.78 is 0. The Morgan fingerprint density at radius 2 is 2.46 bits per heavy atom. The van der Waals surface area contributed by atoms with Gasteiger partial charge >= 0.3 is 0 Å². The molecule has 1 heterocycles. The predicted octanol–water partition coefficient (Wildman–Crippen LogP) is 2.52. The second-order valence-corrected chi connectivity index (χ2v) is 4.54. The van der Waals surface area contributed by atoms with Gasteiger partial charge in [-0.3, -0.25) is 4.79 Å². The molecule has 1 aromatic heterocycles. The zero-order chi connectivity index (χ0) is 9.26. The van der Waals surface area contributed by atoms with Gasteiger partial charge in [0.05, 0.1) is 10.9 Å². The highest BCUT2D eigenvalue weighted by molar-refractivity contribution is 7.09. The van der Waals surface area contributed by atoms with Crippen LogP contribution in [0.3, 0.4) is 0 Å². The minimum Gasteiger partial charge on any atom is -0.291 e. The number of halogens is 1. The molecule has 70 valence electrons. The van der Waals surface area contributed by atoms with Crippen molar-refractivity contribution in [2.24, 2.45) is 5.92 Å². The second kappa shape index (κ2) is 3.76. The number of alkyl halides is 1. The summed E-state index contributed by atoms with van der Waals surface area (Å²) in [7, 11) is 0. The van der Waals surface area contributed by atoms with Gasteiger partial charge in [-0.05, 0) is 18.8 Å². The largest absolute Gasteiger partial charge is 0.291 e. The van der Waals surface area contributed by atoms with E-state index in [4.69, 9.17) is 11.6 Å². The van der Waals surface area contributed by atoms with Crippen LogP contribution in [0.25, 0.3) is 0 Å². The number of ketones is 1. The van der Waals surface area contributed by atoms with Crippen molar-refractivity contribution in [2.45, 2.75) is 19.3 Å². The maximum atomic E-state index is 11.1. The summed E-state index contributed by atoms with van der Waals surface area (Å²) in [4.78, 5) is 15.4. The Morgan fingerprint density at radius 1 is 1.69 bits per heavy atom. The molecule has 0 unspecified atom stereocenters. The summed E-state index contributed by atoms with van der Waals surface area (Å²) in [6, 6.07) is 0. The van der Waals surface area contributed by atoms with E-state index in [9.17, 15) is 4.79 Å². The quantitative estimate of drug-likeness (QED) is 0.571. The Balaban J connectivity index is 2.03. The number of thiazole rings is 1. The highest BCUT2D eigenvalue weighted by Crippen LogP contribution is 2.33. The maximum absolute atomic E-state index is 11.1. The summed E-state index contributed by atoms with van der Waals surface area (Å²) in [5.41, 5.74) is 0.538. The Labute approximate surface area is 85.9 Å². The molecule has 1 aliphatic carbocycles. The van der Waals surface area contributed by atoms with Crippen LogP contribution in [0, 0.1) is 5.92 Å². The van der Waals surface area contributed by atoms with Crippen molar-refractivity contribution >= 4 is 28.7 Å². The molecule has 0 saturated heterocycles. The zero-order valence-electron chi connectivity index (χ0n) is 7.12. The summed E-state index contributed by atoms with van der Waals surface area (Å²) in [6.07, 6.45) is 3.68. The van der Waals surface area contributed by atoms with Gasteiger partial charge in [-0.2, -0.15) is 0 Å². The molecule has 0 bridgehead atoms. The summed E-state index contributed by atoms with van der Waals surface area (Å²) in [6.45, 7) is 0. The van der Waals surface area contributed by atoms with E-state index in [2.05, 4.69) is 4.98 Å². The first-order valence-electron chi connectivity index (χ1n) is 4.33. The molecule has 0 amide bonds. The van der Waals surface area contributed by atoms with Gasteiger partial charge in [0.2, 0.25) is 0 Å². The van der Waals surface area contributed by atoms with E-state index in [0.29, 0.717) is 5.69 Å². The first kappa shape index (κ1) is 9.16. The fourth-order valence-corrected chi connectivity index (χ4v) is 2.22. The first-order chi connectivity index (χ1) is 6.29. The van der Waals surface area contributed by atoms with E-state index >= 15 is 0 Å². The lowest BCUT2D eigenvalue weighted by Gasteiger charge is -1.90. The fraction of sp³-hybridized carbons (Fsp3) is 0.556. The Morgan fingerprint density at radius 3 is 3.08 bits per heavy atom. The van der Waals surface area contributed by atoms with Gasteiger partial charge < -0.3 is 0 Å². The van der Waals surface area contributed by atoms with Crippen molar-refractivity contribution in [1.82, 2.24) is 4.98 Å². The third kappa shape index (κ3) is 2.29. The number of aromatic nitrogens is 1. The van der Waals surface area contributed by atoms with Gasteiger partial charge in [0.15, 0.2) is 5.78 Å². The standard InChI is InChI=1S/C9H10ClNOS/c10-4-8(12)7-5-13-9(11-7)3-6-1-2-6/h5-6H,1-4H2. The topological polar surface area (TPSA) is 30.0 Å². The smallest absolute Gasteiger partial charge is 0.196 e. The van der Waals surface area contributed by atoms with Gasteiger partial charge in [-0.1, -0.05) is 0 Å². The highest BCUT2D eigenvalue weighted by Gasteiger charge is 2.23. The molecule has 1 aromatic rings. The van der Waals surface area contributed by atoms with Crippen LogP contribution in [0.4, 0.5) is 0 Å². The number of carbonyl (C=O) groups is 1. The van der Waals surface area contributed by atoms with E-state index in [-0.39, 0.29) is 11.7 Å². The molecule has 0 N–H and O–H groups in total. The van der Waals surface area contributed by atoms with Gasteiger partial charge in [0, 0.05) is 11.8 Å². The third-order valence-corrected chi connectivity index (χ3v) is 3.23. The van der Waals surface area contributed by atoms with Crippen molar-refractivity contribution in [2.75, 3.05) is 5.88 Å².